The molecule has 2 aliphatic rings. The molecule has 0 spiro atoms. The van der Waals surface area contributed by atoms with E-state index in [9.17, 15) is 0 Å². The number of hydrogen-bond donors (Lipinski definition) is 5. The summed E-state index contributed by atoms with van der Waals surface area (Å²) in [6.45, 7) is 6.93. The van der Waals surface area contributed by atoms with Gasteiger partial charge in [-0.05, 0) is 12.8 Å². The van der Waals surface area contributed by atoms with Gasteiger partial charge >= 0.3 is 0 Å². The predicted octanol–water partition coefficient (Wildman–Crippen LogP) is -1.80. The second-order valence-corrected chi connectivity index (χ2v) is 7.25. The van der Waals surface area contributed by atoms with Gasteiger partial charge in [0.2, 0.25) is 17.8 Å². The predicted molar refractivity (Wildman–Crippen MR) is 104 cm³/mol. The summed E-state index contributed by atoms with van der Waals surface area (Å²) >= 11 is 0. The summed E-state index contributed by atoms with van der Waals surface area (Å²) in [5.41, 5.74) is 24.5. The lowest BCUT2D eigenvalue weighted by Crippen LogP contribution is -2.54. The van der Waals surface area contributed by atoms with Gasteiger partial charge in [0.25, 0.3) is 0 Å². The molecule has 0 aromatic carbocycles. The third-order valence-corrected chi connectivity index (χ3v) is 4.61. The maximum absolute atomic E-state index is 6.12. The van der Waals surface area contributed by atoms with Crippen molar-refractivity contribution < 1.29 is 0 Å². The van der Waals surface area contributed by atoms with Crippen molar-refractivity contribution in [2.45, 2.75) is 37.0 Å². The summed E-state index contributed by atoms with van der Waals surface area (Å²) in [5.74, 6) is 1.63. The van der Waals surface area contributed by atoms with Crippen molar-refractivity contribution in [2.75, 3.05) is 47.8 Å². The summed E-state index contributed by atoms with van der Waals surface area (Å²) in [7, 11) is 0. The van der Waals surface area contributed by atoms with E-state index in [4.69, 9.17) is 22.9 Å². The first-order chi connectivity index (χ1) is 12.4. The van der Waals surface area contributed by atoms with E-state index >= 15 is 0 Å². The Morgan fingerprint density at radius 3 is 1.65 bits per heavy atom. The molecule has 3 heterocycles. The first-order valence-electron chi connectivity index (χ1n) is 9.07. The van der Waals surface area contributed by atoms with Crippen LogP contribution in [0.25, 0.3) is 0 Å². The fourth-order valence-corrected chi connectivity index (χ4v) is 3.56. The Bertz CT molecular complexity index is 559. The lowest BCUT2D eigenvalue weighted by atomic mass is 10.0. The maximum atomic E-state index is 6.12. The molecule has 2 aliphatic heterocycles. The van der Waals surface area contributed by atoms with Crippen LogP contribution in [0.3, 0.4) is 0 Å². The zero-order valence-electron chi connectivity index (χ0n) is 15.1. The molecule has 0 bridgehead atoms. The highest BCUT2D eigenvalue weighted by atomic mass is 15.4. The topological polar surface area (TPSA) is 161 Å². The highest BCUT2D eigenvalue weighted by Gasteiger charge is 2.28. The third kappa shape index (κ3) is 4.58. The van der Waals surface area contributed by atoms with E-state index in [2.05, 4.69) is 26.8 Å². The van der Waals surface area contributed by atoms with E-state index in [0.29, 0.717) is 50.6 Å². The number of aromatic nitrogens is 3. The average molecular weight is 362 g/mol. The third-order valence-electron chi connectivity index (χ3n) is 4.61. The lowest BCUT2D eigenvalue weighted by Gasteiger charge is -2.37. The fourth-order valence-electron chi connectivity index (χ4n) is 3.56. The minimum atomic E-state index is 0.000353. The van der Waals surface area contributed by atoms with Crippen LogP contribution in [0, 0.1) is 0 Å². The zero-order chi connectivity index (χ0) is 18.7. The molecule has 2 fully saturated rings. The van der Waals surface area contributed by atoms with Crippen LogP contribution in [-0.4, -0.2) is 71.8 Å². The van der Waals surface area contributed by atoms with Crippen LogP contribution in [0.5, 0.6) is 0 Å². The second kappa shape index (κ2) is 8.12. The SMILES string of the molecule is C=CCNc1nc(N2C[C@H](N)C[C@H](N)C2)nc(N2C[C@H](N)C[C@H](N)C2)n1. The van der Waals surface area contributed by atoms with E-state index in [0.717, 1.165) is 12.8 Å². The molecule has 10 nitrogen and oxygen atoms in total. The van der Waals surface area contributed by atoms with Gasteiger partial charge in [-0.2, -0.15) is 15.0 Å². The molecule has 0 unspecified atom stereocenters. The number of hydrogen-bond acceptors (Lipinski definition) is 10. The Labute approximate surface area is 154 Å². The van der Waals surface area contributed by atoms with E-state index in [1.165, 1.54) is 0 Å². The van der Waals surface area contributed by atoms with E-state index in [1.54, 1.807) is 6.08 Å². The van der Waals surface area contributed by atoms with Crippen molar-refractivity contribution in [1.82, 2.24) is 15.0 Å². The molecule has 0 radical (unpaired) electrons. The highest BCUT2D eigenvalue weighted by Crippen LogP contribution is 2.22. The summed E-state index contributed by atoms with van der Waals surface area (Å²) < 4.78 is 0. The van der Waals surface area contributed by atoms with E-state index < -0.39 is 0 Å². The molecule has 26 heavy (non-hydrogen) atoms. The standard InChI is InChI=1S/C16H30N10/c1-2-3-21-14-22-15(25-6-10(17)4-11(18)7-25)24-16(23-14)26-8-12(19)5-13(20)9-26/h2,10-13H,1,3-9,17-20H2,(H,21,22,23,24)/t10-,11+,12-,13+. The minimum absolute atomic E-state index is 0.000353. The van der Waals surface area contributed by atoms with Gasteiger partial charge in [-0.1, -0.05) is 6.08 Å². The van der Waals surface area contributed by atoms with Crippen molar-refractivity contribution in [3.8, 4) is 0 Å². The normalized spacial score (nSPS) is 29.5. The van der Waals surface area contributed by atoms with Crippen LogP contribution in [-0.2, 0) is 0 Å². The molecule has 0 saturated carbocycles. The summed E-state index contributed by atoms with van der Waals surface area (Å²) in [5, 5.41) is 3.14. The van der Waals surface area contributed by atoms with Gasteiger partial charge in [-0.3, -0.25) is 0 Å². The van der Waals surface area contributed by atoms with Gasteiger partial charge in [0.05, 0.1) is 0 Å². The summed E-state index contributed by atoms with van der Waals surface area (Å²) in [6, 6.07) is 0.00141. The molecule has 1 aromatic rings. The van der Waals surface area contributed by atoms with Crippen LogP contribution in [0.2, 0.25) is 0 Å². The number of nitrogens with one attached hydrogen (secondary N) is 1. The smallest absolute Gasteiger partial charge is 0.232 e. The number of nitrogens with zero attached hydrogens (tertiary/aromatic N) is 5. The maximum Gasteiger partial charge on any atom is 0.232 e. The molecular weight excluding hydrogens is 332 g/mol. The van der Waals surface area contributed by atoms with Gasteiger partial charge in [-0.25, -0.2) is 0 Å². The van der Waals surface area contributed by atoms with Crippen molar-refractivity contribution in [3.05, 3.63) is 12.7 Å². The molecule has 1 aromatic heterocycles. The zero-order valence-corrected chi connectivity index (χ0v) is 15.1. The van der Waals surface area contributed by atoms with E-state index in [1.807, 2.05) is 9.80 Å². The number of rotatable bonds is 5. The molecule has 0 amide bonds. The van der Waals surface area contributed by atoms with Crippen LogP contribution in [0.1, 0.15) is 12.8 Å². The lowest BCUT2D eigenvalue weighted by molar-refractivity contribution is 0.441. The van der Waals surface area contributed by atoms with Crippen LogP contribution >= 0.6 is 0 Å². The Morgan fingerprint density at radius 1 is 0.846 bits per heavy atom. The van der Waals surface area contributed by atoms with Crippen molar-refractivity contribution in [3.63, 3.8) is 0 Å². The molecule has 144 valence electrons. The molecule has 2 saturated heterocycles. The Hall–Kier alpha value is -2.01. The average Bonchev–Trinajstić information content (AvgIpc) is 2.58. The van der Waals surface area contributed by atoms with Crippen molar-refractivity contribution in [2.24, 2.45) is 22.9 Å². The van der Waals surface area contributed by atoms with Gasteiger partial charge in [0.1, 0.15) is 0 Å². The molecule has 10 heteroatoms. The first kappa shape index (κ1) is 18.8. The second-order valence-electron chi connectivity index (χ2n) is 7.25. The number of anilines is 3. The minimum Gasteiger partial charge on any atom is -0.351 e. The Balaban J connectivity index is 1.89. The molecule has 4 atom stereocenters. The first-order valence-corrected chi connectivity index (χ1v) is 9.07. The highest BCUT2D eigenvalue weighted by molar-refractivity contribution is 5.46. The van der Waals surface area contributed by atoms with Crippen LogP contribution in [0.4, 0.5) is 17.8 Å². The van der Waals surface area contributed by atoms with Crippen LogP contribution in [0.15, 0.2) is 12.7 Å². The van der Waals surface area contributed by atoms with Gasteiger partial charge < -0.3 is 38.1 Å². The Morgan fingerprint density at radius 2 is 1.27 bits per heavy atom. The quantitative estimate of drug-likeness (QED) is 0.378. The monoisotopic (exact) mass is 362 g/mol. The van der Waals surface area contributed by atoms with Gasteiger partial charge in [0, 0.05) is 56.9 Å². The van der Waals surface area contributed by atoms with Gasteiger partial charge in [-0.15, -0.1) is 6.58 Å². The van der Waals surface area contributed by atoms with Crippen LogP contribution < -0.4 is 38.1 Å². The Kier molecular flexibility index (Phi) is 5.87. The molecular formula is C16H30N10. The van der Waals surface area contributed by atoms with Crippen molar-refractivity contribution >= 4 is 17.8 Å². The molecule has 9 N–H and O–H groups in total. The van der Waals surface area contributed by atoms with Crippen molar-refractivity contribution in [1.29, 1.82) is 0 Å². The number of piperidine rings is 2. The largest absolute Gasteiger partial charge is 0.351 e. The molecule has 3 rings (SSSR count). The molecule has 0 aliphatic carbocycles. The van der Waals surface area contributed by atoms with E-state index in [-0.39, 0.29) is 24.2 Å². The summed E-state index contributed by atoms with van der Waals surface area (Å²) in [4.78, 5) is 17.8. The summed E-state index contributed by atoms with van der Waals surface area (Å²) in [6.07, 6.45) is 3.35. The number of nitrogens with two attached hydrogens (primary N) is 4. The van der Waals surface area contributed by atoms with Gasteiger partial charge in [0.15, 0.2) is 0 Å². The fraction of sp³-hybridized carbons (Fsp3) is 0.688.